The number of rotatable bonds is 8. The van der Waals surface area contributed by atoms with Gasteiger partial charge in [-0.15, -0.1) is 0 Å². The third kappa shape index (κ3) is 6.97. The Labute approximate surface area is 159 Å². The Bertz CT molecular complexity index is 655. The molecular formula is C19H29N3O5. The number of hydrogen-bond donors (Lipinski definition) is 4. The van der Waals surface area contributed by atoms with E-state index in [0.29, 0.717) is 5.82 Å². The number of pyridine rings is 1. The standard InChI is InChI=1S/C19H29N3O5/c1-11(2)10-12(14(23)18(26)27)16(24)22-15(19(3,4)5)17(25)21-13-8-6-7-9-20-13/h6-9,11-12,14-15,23H,10H2,1-5H3,(H,22,24)(H,26,27)(H,20,21,25)/t12-,14+,15-/m1/s1. The molecule has 0 aliphatic carbocycles. The zero-order chi connectivity index (χ0) is 20.8. The van der Waals surface area contributed by atoms with Gasteiger partial charge in [0.1, 0.15) is 11.9 Å². The first-order valence-corrected chi connectivity index (χ1v) is 8.86. The Morgan fingerprint density at radius 3 is 2.22 bits per heavy atom. The number of anilines is 1. The minimum atomic E-state index is -1.84. The van der Waals surface area contributed by atoms with E-state index >= 15 is 0 Å². The number of hydrogen-bond acceptors (Lipinski definition) is 5. The Hall–Kier alpha value is -2.48. The van der Waals surface area contributed by atoms with E-state index in [-0.39, 0.29) is 12.3 Å². The fraction of sp³-hybridized carbons (Fsp3) is 0.579. The van der Waals surface area contributed by atoms with Gasteiger partial charge in [-0.2, -0.15) is 0 Å². The van der Waals surface area contributed by atoms with Crippen molar-refractivity contribution in [1.82, 2.24) is 10.3 Å². The molecule has 0 saturated carbocycles. The lowest BCUT2D eigenvalue weighted by Gasteiger charge is -2.32. The van der Waals surface area contributed by atoms with Crippen LogP contribution in [0, 0.1) is 17.3 Å². The van der Waals surface area contributed by atoms with Crippen molar-refractivity contribution in [3.05, 3.63) is 24.4 Å². The number of nitrogens with zero attached hydrogens (tertiary/aromatic N) is 1. The molecule has 3 atom stereocenters. The molecule has 8 nitrogen and oxygen atoms in total. The molecule has 0 saturated heterocycles. The van der Waals surface area contributed by atoms with Crippen LogP contribution in [0.4, 0.5) is 5.82 Å². The van der Waals surface area contributed by atoms with Crippen LogP contribution in [-0.2, 0) is 14.4 Å². The molecule has 0 unspecified atom stereocenters. The SMILES string of the molecule is CC(C)C[C@@H](C(=O)N[C@H](C(=O)Nc1ccccn1)C(C)(C)C)[C@H](O)C(=O)O. The lowest BCUT2D eigenvalue weighted by atomic mass is 9.84. The van der Waals surface area contributed by atoms with E-state index in [1.54, 1.807) is 39.0 Å². The number of carbonyl (C=O) groups excluding carboxylic acids is 2. The first-order valence-electron chi connectivity index (χ1n) is 8.86. The van der Waals surface area contributed by atoms with E-state index in [4.69, 9.17) is 5.11 Å². The molecule has 1 heterocycles. The summed E-state index contributed by atoms with van der Waals surface area (Å²) < 4.78 is 0. The predicted octanol–water partition coefficient (Wildman–Crippen LogP) is 1.66. The van der Waals surface area contributed by atoms with Crippen molar-refractivity contribution in [3.8, 4) is 0 Å². The van der Waals surface area contributed by atoms with E-state index < -0.39 is 41.3 Å². The van der Waals surface area contributed by atoms with Crippen LogP contribution >= 0.6 is 0 Å². The Balaban J connectivity index is 3.01. The highest BCUT2D eigenvalue weighted by Gasteiger charge is 2.38. The number of amides is 2. The highest BCUT2D eigenvalue weighted by Crippen LogP contribution is 2.23. The third-order valence-corrected chi connectivity index (χ3v) is 4.03. The topological polar surface area (TPSA) is 129 Å². The van der Waals surface area contributed by atoms with E-state index in [1.165, 1.54) is 6.20 Å². The molecule has 150 valence electrons. The van der Waals surface area contributed by atoms with Gasteiger partial charge in [0.05, 0.1) is 5.92 Å². The van der Waals surface area contributed by atoms with Crippen LogP contribution in [0.25, 0.3) is 0 Å². The molecule has 1 rings (SSSR count). The van der Waals surface area contributed by atoms with Gasteiger partial charge in [-0.05, 0) is 29.9 Å². The first kappa shape index (κ1) is 22.6. The average molecular weight is 379 g/mol. The molecule has 27 heavy (non-hydrogen) atoms. The van der Waals surface area contributed by atoms with Crippen LogP contribution in [0.2, 0.25) is 0 Å². The summed E-state index contributed by atoms with van der Waals surface area (Å²) in [6.45, 7) is 8.98. The number of nitrogens with one attached hydrogen (secondary N) is 2. The maximum Gasteiger partial charge on any atom is 0.333 e. The quantitative estimate of drug-likeness (QED) is 0.544. The molecule has 0 radical (unpaired) electrons. The monoisotopic (exact) mass is 379 g/mol. The summed E-state index contributed by atoms with van der Waals surface area (Å²) in [6.07, 6.45) is -0.132. The third-order valence-electron chi connectivity index (χ3n) is 4.03. The number of carboxylic acids is 1. The number of aromatic nitrogens is 1. The van der Waals surface area contributed by atoms with Gasteiger partial charge in [-0.3, -0.25) is 9.59 Å². The Kier molecular flexibility index (Phi) is 7.90. The van der Waals surface area contributed by atoms with E-state index in [9.17, 15) is 19.5 Å². The van der Waals surface area contributed by atoms with Gasteiger partial charge in [-0.25, -0.2) is 9.78 Å². The van der Waals surface area contributed by atoms with Crippen molar-refractivity contribution in [2.45, 2.75) is 53.2 Å². The van der Waals surface area contributed by atoms with Gasteiger partial charge in [0, 0.05) is 6.20 Å². The average Bonchev–Trinajstić information content (AvgIpc) is 2.56. The van der Waals surface area contributed by atoms with Crippen LogP contribution in [0.15, 0.2) is 24.4 Å². The van der Waals surface area contributed by atoms with Crippen LogP contribution in [0.3, 0.4) is 0 Å². The van der Waals surface area contributed by atoms with Crippen LogP contribution < -0.4 is 10.6 Å². The normalized spacial score (nSPS) is 14.9. The molecular weight excluding hydrogens is 350 g/mol. The summed E-state index contributed by atoms with van der Waals surface area (Å²) in [4.78, 5) is 40.6. The Morgan fingerprint density at radius 2 is 1.78 bits per heavy atom. The minimum absolute atomic E-state index is 0.00909. The lowest BCUT2D eigenvalue weighted by molar-refractivity contribution is -0.154. The number of carbonyl (C=O) groups is 3. The largest absolute Gasteiger partial charge is 0.479 e. The van der Waals surface area contributed by atoms with Gasteiger partial charge in [0.15, 0.2) is 6.10 Å². The summed E-state index contributed by atoms with van der Waals surface area (Å²) in [7, 11) is 0. The van der Waals surface area contributed by atoms with E-state index in [0.717, 1.165) is 0 Å². The molecule has 0 bridgehead atoms. The second-order valence-corrected chi connectivity index (χ2v) is 8.03. The molecule has 0 fully saturated rings. The molecule has 8 heteroatoms. The summed E-state index contributed by atoms with van der Waals surface area (Å²) >= 11 is 0. The van der Waals surface area contributed by atoms with Crippen LogP contribution in [0.1, 0.15) is 41.0 Å². The zero-order valence-electron chi connectivity index (χ0n) is 16.4. The van der Waals surface area contributed by atoms with Crippen molar-refractivity contribution in [2.24, 2.45) is 17.3 Å². The van der Waals surface area contributed by atoms with Gasteiger partial charge >= 0.3 is 5.97 Å². The Morgan fingerprint density at radius 1 is 1.15 bits per heavy atom. The highest BCUT2D eigenvalue weighted by atomic mass is 16.4. The van der Waals surface area contributed by atoms with Gasteiger partial charge in [0.2, 0.25) is 11.8 Å². The van der Waals surface area contributed by atoms with Crippen molar-refractivity contribution >= 4 is 23.6 Å². The molecule has 4 N–H and O–H groups in total. The molecule has 0 aliphatic rings. The maximum atomic E-state index is 12.7. The highest BCUT2D eigenvalue weighted by molar-refractivity contribution is 5.98. The minimum Gasteiger partial charge on any atom is -0.479 e. The van der Waals surface area contributed by atoms with Gasteiger partial charge in [-0.1, -0.05) is 40.7 Å². The molecule has 0 spiro atoms. The van der Waals surface area contributed by atoms with Gasteiger partial charge < -0.3 is 20.8 Å². The number of aliphatic hydroxyl groups excluding tert-OH is 1. The molecule has 2 amide bonds. The molecule has 0 aliphatic heterocycles. The number of aliphatic carboxylic acids is 1. The van der Waals surface area contributed by atoms with Crippen molar-refractivity contribution in [2.75, 3.05) is 5.32 Å². The number of carboxylic acid groups (broad SMARTS) is 1. The second-order valence-electron chi connectivity index (χ2n) is 8.03. The van der Waals surface area contributed by atoms with Crippen LogP contribution in [-0.4, -0.2) is 45.1 Å². The zero-order valence-corrected chi connectivity index (χ0v) is 16.4. The van der Waals surface area contributed by atoms with E-state index in [1.807, 2.05) is 13.8 Å². The second kappa shape index (κ2) is 9.45. The smallest absolute Gasteiger partial charge is 0.333 e. The fourth-order valence-corrected chi connectivity index (χ4v) is 2.62. The van der Waals surface area contributed by atoms with E-state index in [2.05, 4.69) is 15.6 Å². The first-order chi connectivity index (χ1) is 12.4. The van der Waals surface area contributed by atoms with Crippen LogP contribution in [0.5, 0.6) is 0 Å². The molecule has 0 aromatic carbocycles. The summed E-state index contributed by atoms with van der Waals surface area (Å²) in [6, 6.07) is 4.11. The summed E-state index contributed by atoms with van der Waals surface area (Å²) in [5, 5.41) is 24.3. The fourth-order valence-electron chi connectivity index (χ4n) is 2.62. The molecule has 1 aromatic rings. The number of aliphatic hydroxyl groups is 1. The summed E-state index contributed by atoms with van der Waals surface area (Å²) in [5.74, 6) is -3.44. The van der Waals surface area contributed by atoms with Crippen molar-refractivity contribution in [3.63, 3.8) is 0 Å². The van der Waals surface area contributed by atoms with Crippen molar-refractivity contribution in [1.29, 1.82) is 0 Å². The molecule has 1 aromatic heterocycles. The summed E-state index contributed by atoms with van der Waals surface area (Å²) in [5.41, 5.74) is -0.648. The van der Waals surface area contributed by atoms with Crippen molar-refractivity contribution < 1.29 is 24.6 Å². The predicted molar refractivity (Wildman–Crippen MR) is 101 cm³/mol. The maximum absolute atomic E-state index is 12.7. The lowest BCUT2D eigenvalue weighted by Crippen LogP contribution is -2.54. The van der Waals surface area contributed by atoms with Gasteiger partial charge in [0.25, 0.3) is 0 Å².